The highest BCUT2D eigenvalue weighted by Gasteiger charge is 2.23. The van der Waals surface area contributed by atoms with Crippen molar-refractivity contribution in [2.45, 2.75) is 37.6 Å². The van der Waals surface area contributed by atoms with Gasteiger partial charge in [-0.05, 0) is 36.2 Å². The zero-order valence-corrected chi connectivity index (χ0v) is 17.1. The van der Waals surface area contributed by atoms with Crippen LogP contribution >= 0.6 is 0 Å². The molecule has 0 saturated heterocycles. The van der Waals surface area contributed by atoms with Crippen LogP contribution in [-0.4, -0.2) is 31.7 Å². The Labute approximate surface area is 168 Å². The molecule has 0 atom stereocenters. The lowest BCUT2D eigenvalue weighted by Gasteiger charge is -2.21. The lowest BCUT2D eigenvalue weighted by molar-refractivity contribution is 0.0953. The first-order valence-electron chi connectivity index (χ1n) is 9.52. The topological polar surface area (TPSA) is 66.5 Å². The van der Waals surface area contributed by atoms with Crippen LogP contribution < -0.4 is 5.32 Å². The predicted molar refractivity (Wildman–Crippen MR) is 113 cm³/mol. The fourth-order valence-electron chi connectivity index (χ4n) is 2.78. The van der Waals surface area contributed by atoms with Crippen LogP contribution in [0.5, 0.6) is 0 Å². The summed E-state index contributed by atoms with van der Waals surface area (Å²) < 4.78 is 27.1. The molecule has 0 bridgehead atoms. The largest absolute Gasteiger partial charge is 0.352 e. The maximum absolute atomic E-state index is 12.9. The Morgan fingerprint density at radius 1 is 1.07 bits per heavy atom. The van der Waals surface area contributed by atoms with Gasteiger partial charge in [-0.25, -0.2) is 8.42 Å². The first kappa shape index (κ1) is 21.9. The van der Waals surface area contributed by atoms with Gasteiger partial charge in [0.05, 0.1) is 4.90 Å². The quantitative estimate of drug-likeness (QED) is 0.458. The van der Waals surface area contributed by atoms with Gasteiger partial charge in [0, 0.05) is 25.2 Å². The Bertz CT molecular complexity index is 862. The van der Waals surface area contributed by atoms with Crippen LogP contribution in [0.2, 0.25) is 0 Å². The van der Waals surface area contributed by atoms with Gasteiger partial charge < -0.3 is 5.32 Å². The molecule has 0 aromatic heterocycles. The predicted octanol–water partition coefficient (Wildman–Crippen LogP) is 3.98. The molecule has 6 heteroatoms. The van der Waals surface area contributed by atoms with Gasteiger partial charge in [-0.3, -0.25) is 4.79 Å². The molecule has 0 aliphatic heterocycles. The van der Waals surface area contributed by atoms with E-state index >= 15 is 0 Å². The number of amides is 1. The van der Waals surface area contributed by atoms with Crippen molar-refractivity contribution in [3.8, 4) is 0 Å². The van der Waals surface area contributed by atoms with E-state index in [0.29, 0.717) is 12.1 Å². The van der Waals surface area contributed by atoms with Gasteiger partial charge in [-0.15, -0.1) is 6.58 Å². The fourth-order valence-corrected chi connectivity index (χ4v) is 4.20. The number of nitrogens with zero attached hydrogens (tertiary/aromatic N) is 1. The van der Waals surface area contributed by atoms with Crippen molar-refractivity contribution < 1.29 is 13.2 Å². The Morgan fingerprint density at radius 3 is 2.36 bits per heavy atom. The van der Waals surface area contributed by atoms with E-state index in [-0.39, 0.29) is 23.9 Å². The van der Waals surface area contributed by atoms with E-state index in [4.69, 9.17) is 0 Å². The molecule has 1 N–H and O–H groups in total. The molecule has 1 amide bonds. The normalized spacial score (nSPS) is 11.4. The van der Waals surface area contributed by atoms with Crippen molar-refractivity contribution in [3.63, 3.8) is 0 Å². The van der Waals surface area contributed by atoms with Crippen LogP contribution in [0.3, 0.4) is 0 Å². The number of rotatable bonds is 11. The smallest absolute Gasteiger partial charge is 0.251 e. The number of carbonyl (C=O) groups is 1. The van der Waals surface area contributed by atoms with E-state index < -0.39 is 10.0 Å². The molecule has 0 radical (unpaired) electrons. The number of hydrogen-bond donors (Lipinski definition) is 1. The monoisotopic (exact) mass is 400 g/mol. The third-order valence-corrected chi connectivity index (χ3v) is 6.18. The average molecular weight is 401 g/mol. The van der Waals surface area contributed by atoms with Crippen LogP contribution in [0.15, 0.2) is 72.1 Å². The van der Waals surface area contributed by atoms with Crippen molar-refractivity contribution in [2.75, 3.05) is 13.1 Å². The van der Waals surface area contributed by atoms with E-state index in [9.17, 15) is 13.2 Å². The average Bonchev–Trinajstić information content (AvgIpc) is 2.72. The number of benzene rings is 2. The second-order valence-electron chi connectivity index (χ2n) is 6.56. The zero-order chi connectivity index (χ0) is 20.4. The summed E-state index contributed by atoms with van der Waals surface area (Å²) >= 11 is 0. The molecule has 150 valence electrons. The van der Waals surface area contributed by atoms with E-state index in [1.54, 1.807) is 60.7 Å². The second kappa shape index (κ2) is 10.8. The molecule has 5 nitrogen and oxygen atoms in total. The van der Waals surface area contributed by atoms with E-state index in [1.165, 1.54) is 4.31 Å². The summed E-state index contributed by atoms with van der Waals surface area (Å²) in [6.45, 7) is 6.87. The Morgan fingerprint density at radius 2 is 1.75 bits per heavy atom. The lowest BCUT2D eigenvalue weighted by Crippen LogP contribution is -2.31. The molecule has 0 saturated carbocycles. The highest BCUT2D eigenvalue weighted by Crippen LogP contribution is 2.18. The summed E-state index contributed by atoms with van der Waals surface area (Å²) in [5, 5.41) is 2.90. The first-order chi connectivity index (χ1) is 13.5. The molecule has 0 unspecified atom stereocenters. The highest BCUT2D eigenvalue weighted by molar-refractivity contribution is 7.89. The minimum absolute atomic E-state index is 0.109. The van der Waals surface area contributed by atoms with Crippen molar-refractivity contribution in [1.82, 2.24) is 9.62 Å². The SMILES string of the molecule is C=CCN(Cc1ccc(C(=O)NCCCCC)cc1)S(=O)(=O)c1ccccc1. The molecule has 0 aliphatic carbocycles. The van der Waals surface area contributed by atoms with E-state index in [0.717, 1.165) is 24.8 Å². The summed E-state index contributed by atoms with van der Waals surface area (Å²) in [5.74, 6) is -0.109. The molecule has 28 heavy (non-hydrogen) atoms. The maximum Gasteiger partial charge on any atom is 0.251 e. The number of unbranched alkanes of at least 4 members (excludes halogenated alkanes) is 2. The molecule has 2 aromatic rings. The van der Waals surface area contributed by atoms with Gasteiger partial charge in [-0.2, -0.15) is 4.31 Å². The standard InChI is InChI=1S/C22H28N2O3S/c1-3-5-9-16-23-22(25)20-14-12-19(13-15-20)18-24(17-4-2)28(26,27)21-10-7-6-8-11-21/h4,6-8,10-15H,2-3,5,9,16-18H2,1H3,(H,23,25). The summed E-state index contributed by atoms with van der Waals surface area (Å²) in [6.07, 6.45) is 4.73. The first-order valence-corrected chi connectivity index (χ1v) is 11.0. The molecule has 0 spiro atoms. The van der Waals surface area contributed by atoms with Gasteiger partial charge in [0.2, 0.25) is 10.0 Å². The Hall–Kier alpha value is -2.44. The number of carbonyl (C=O) groups excluding carboxylic acids is 1. The van der Waals surface area contributed by atoms with Crippen molar-refractivity contribution in [2.24, 2.45) is 0 Å². The minimum Gasteiger partial charge on any atom is -0.352 e. The third-order valence-electron chi connectivity index (χ3n) is 4.35. The summed E-state index contributed by atoms with van der Waals surface area (Å²) in [6, 6.07) is 15.4. The van der Waals surface area contributed by atoms with Crippen LogP contribution in [0.25, 0.3) is 0 Å². The third kappa shape index (κ3) is 6.04. The highest BCUT2D eigenvalue weighted by atomic mass is 32.2. The van der Waals surface area contributed by atoms with E-state index in [1.807, 2.05) is 0 Å². The fraction of sp³-hybridized carbons (Fsp3) is 0.318. The van der Waals surface area contributed by atoms with Gasteiger partial charge in [0.25, 0.3) is 5.91 Å². The molecular weight excluding hydrogens is 372 g/mol. The van der Waals surface area contributed by atoms with Crippen molar-refractivity contribution in [1.29, 1.82) is 0 Å². The molecular formula is C22H28N2O3S. The van der Waals surface area contributed by atoms with Crippen molar-refractivity contribution >= 4 is 15.9 Å². The summed E-state index contributed by atoms with van der Waals surface area (Å²) in [4.78, 5) is 12.4. The number of sulfonamides is 1. The van der Waals surface area contributed by atoms with Gasteiger partial charge in [0.1, 0.15) is 0 Å². The Balaban J connectivity index is 2.07. The van der Waals surface area contributed by atoms with Gasteiger partial charge in [-0.1, -0.05) is 56.2 Å². The lowest BCUT2D eigenvalue weighted by atomic mass is 10.1. The summed E-state index contributed by atoms with van der Waals surface area (Å²) in [7, 11) is -3.62. The van der Waals surface area contributed by atoms with Crippen molar-refractivity contribution in [3.05, 3.63) is 78.4 Å². The Kier molecular flexibility index (Phi) is 8.42. The van der Waals surface area contributed by atoms with Crippen LogP contribution in [0.1, 0.15) is 42.1 Å². The van der Waals surface area contributed by atoms with E-state index in [2.05, 4.69) is 18.8 Å². The van der Waals surface area contributed by atoms with Crippen LogP contribution in [0, 0.1) is 0 Å². The number of hydrogen-bond acceptors (Lipinski definition) is 3. The second-order valence-corrected chi connectivity index (χ2v) is 8.50. The molecule has 2 aromatic carbocycles. The maximum atomic E-state index is 12.9. The summed E-state index contributed by atoms with van der Waals surface area (Å²) in [5.41, 5.74) is 1.38. The molecule has 2 rings (SSSR count). The molecule has 0 aliphatic rings. The van der Waals surface area contributed by atoms with Gasteiger partial charge >= 0.3 is 0 Å². The number of nitrogens with one attached hydrogen (secondary N) is 1. The van der Waals surface area contributed by atoms with Crippen LogP contribution in [0.4, 0.5) is 0 Å². The van der Waals surface area contributed by atoms with Crippen LogP contribution in [-0.2, 0) is 16.6 Å². The minimum atomic E-state index is -3.62. The molecule has 0 fully saturated rings. The zero-order valence-electron chi connectivity index (χ0n) is 16.3. The molecule has 0 heterocycles. The van der Waals surface area contributed by atoms with Gasteiger partial charge in [0.15, 0.2) is 0 Å².